The molecular weight excluding hydrogens is 861 g/mol. The first-order chi connectivity index (χ1) is 35.0. The average Bonchev–Trinajstić information content (AvgIpc) is 3.93. The molecule has 1 aliphatic carbocycles. The summed E-state index contributed by atoms with van der Waals surface area (Å²) >= 11 is 0. The van der Waals surface area contributed by atoms with Crippen molar-refractivity contribution in [3.63, 3.8) is 0 Å². The van der Waals surface area contributed by atoms with Crippen molar-refractivity contribution in [2.75, 3.05) is 13.2 Å². The van der Waals surface area contributed by atoms with Crippen LogP contribution in [0.1, 0.15) is 375 Å². The van der Waals surface area contributed by atoms with Crippen LogP contribution < -0.4 is 0 Å². The smallest absolute Gasteiger partial charge is 0.0929 e. The Bertz CT molecular complexity index is 1070. The van der Waals surface area contributed by atoms with Gasteiger partial charge in [0.15, 0.2) is 0 Å². The zero-order chi connectivity index (χ0) is 51.4. The van der Waals surface area contributed by atoms with Gasteiger partial charge in [0, 0.05) is 0 Å². The number of rotatable bonds is 59. The van der Waals surface area contributed by atoms with Crippen LogP contribution in [0.3, 0.4) is 0 Å². The fourth-order valence-electron chi connectivity index (χ4n) is 13.0. The molecule has 1 aliphatic rings. The number of aliphatic hydroxyl groups is 1. The fraction of sp³-hybridized carbons (Fsp3) is 0.942. The van der Waals surface area contributed by atoms with Crippen LogP contribution in [-0.2, 0) is 4.74 Å². The molecule has 0 aliphatic heterocycles. The zero-order valence-electron chi connectivity index (χ0n) is 50.1. The molecule has 2 heteroatoms. The van der Waals surface area contributed by atoms with Gasteiger partial charge in [-0.05, 0) is 54.9 Å². The lowest BCUT2D eigenvalue weighted by Gasteiger charge is -2.47. The monoisotopic (exact) mass is 995 g/mol. The number of hydrogen-bond donors (Lipinski definition) is 1. The van der Waals surface area contributed by atoms with E-state index in [9.17, 15) is 5.11 Å². The molecular formula is C69H134O2. The Kier molecular flexibility index (Phi) is 50.9. The molecule has 0 radical (unpaired) electrons. The van der Waals surface area contributed by atoms with Gasteiger partial charge in [-0.3, -0.25) is 0 Å². The van der Waals surface area contributed by atoms with E-state index in [1.165, 1.54) is 327 Å². The Morgan fingerprint density at radius 1 is 0.380 bits per heavy atom. The Morgan fingerprint density at radius 2 is 0.648 bits per heavy atom. The van der Waals surface area contributed by atoms with Crippen LogP contribution in [0.15, 0.2) is 23.8 Å². The summed E-state index contributed by atoms with van der Waals surface area (Å²) in [7, 11) is 0. The summed E-state index contributed by atoms with van der Waals surface area (Å²) in [6.07, 6.45) is 79.5. The minimum atomic E-state index is -0.281. The highest BCUT2D eigenvalue weighted by Crippen LogP contribution is 2.49. The van der Waals surface area contributed by atoms with Crippen LogP contribution in [0.5, 0.6) is 0 Å². The van der Waals surface area contributed by atoms with Crippen LogP contribution in [0, 0.1) is 23.7 Å². The van der Waals surface area contributed by atoms with Gasteiger partial charge in [0.1, 0.15) is 0 Å². The summed E-state index contributed by atoms with van der Waals surface area (Å²) in [6, 6.07) is 0. The van der Waals surface area contributed by atoms with Gasteiger partial charge in [-0.2, -0.15) is 0 Å². The van der Waals surface area contributed by atoms with Crippen molar-refractivity contribution in [3.8, 4) is 0 Å². The molecule has 0 amide bonds. The van der Waals surface area contributed by atoms with Crippen LogP contribution in [0.4, 0.5) is 0 Å². The molecule has 0 aromatic carbocycles. The summed E-state index contributed by atoms with van der Waals surface area (Å²) < 4.78 is 7.66. The third kappa shape index (κ3) is 38.6. The van der Waals surface area contributed by atoms with Crippen molar-refractivity contribution >= 4 is 0 Å². The molecule has 0 aromatic heterocycles. The van der Waals surface area contributed by atoms with Gasteiger partial charge in [-0.15, -0.1) is 0 Å². The predicted molar refractivity (Wildman–Crippen MR) is 321 cm³/mol. The number of aliphatic hydroxyl groups excluding tert-OH is 1. The standard InChI is InChI=1S/C69H134O2/c1-7-13-19-25-31-34-40-45-53-64(51-43-37-28-22-16-10-4)61-68(62-65(52-44-38-29-23-17-11-5)54-46-41-35-32-26-20-14-8-2)69(71-60-59-70,67-57-49-50-58-67)63-66(55-47-39-30-24-18-12-6)56-48-42-36-33-27-21-15-9-3/h49-50,57,64-66,68,70H,7-48,51-56,58-63H2,1-6H3. The highest BCUT2D eigenvalue weighted by molar-refractivity contribution is 5.32. The molecule has 0 aromatic rings. The highest BCUT2D eigenvalue weighted by Gasteiger charge is 2.46. The van der Waals surface area contributed by atoms with Gasteiger partial charge in [-0.25, -0.2) is 0 Å². The van der Waals surface area contributed by atoms with Gasteiger partial charge in [0.2, 0.25) is 0 Å². The topological polar surface area (TPSA) is 29.5 Å². The van der Waals surface area contributed by atoms with E-state index in [0.29, 0.717) is 18.4 Å². The average molecular weight is 996 g/mol. The van der Waals surface area contributed by atoms with Crippen LogP contribution in [0.25, 0.3) is 0 Å². The van der Waals surface area contributed by atoms with E-state index >= 15 is 0 Å². The minimum absolute atomic E-state index is 0.133. The van der Waals surface area contributed by atoms with Crippen molar-refractivity contribution in [1.82, 2.24) is 0 Å². The third-order valence-corrected chi connectivity index (χ3v) is 17.5. The number of hydrogen-bond acceptors (Lipinski definition) is 2. The molecule has 0 heterocycles. The van der Waals surface area contributed by atoms with Crippen molar-refractivity contribution < 1.29 is 9.84 Å². The lowest BCUT2D eigenvalue weighted by molar-refractivity contribution is -0.0985. The van der Waals surface area contributed by atoms with Crippen LogP contribution >= 0.6 is 0 Å². The molecule has 0 saturated carbocycles. The van der Waals surface area contributed by atoms with E-state index in [1.54, 1.807) is 5.57 Å². The molecule has 1 N–H and O–H groups in total. The second kappa shape index (κ2) is 52.8. The lowest BCUT2D eigenvalue weighted by Crippen LogP contribution is -2.47. The summed E-state index contributed by atoms with van der Waals surface area (Å²) in [5, 5.41) is 10.8. The lowest BCUT2D eigenvalue weighted by atomic mass is 9.65. The van der Waals surface area contributed by atoms with Gasteiger partial charge < -0.3 is 9.84 Å². The second-order valence-electron chi connectivity index (χ2n) is 24.2. The Labute approximate surface area is 449 Å². The van der Waals surface area contributed by atoms with E-state index in [2.05, 4.69) is 59.8 Å². The molecule has 4 unspecified atom stereocenters. The normalized spacial score (nSPS) is 15.3. The summed E-state index contributed by atoms with van der Waals surface area (Å²) in [6.45, 7) is 14.7. The zero-order valence-corrected chi connectivity index (χ0v) is 50.1. The minimum Gasteiger partial charge on any atom is -0.394 e. The van der Waals surface area contributed by atoms with E-state index in [-0.39, 0.29) is 12.2 Å². The summed E-state index contributed by atoms with van der Waals surface area (Å²) in [5.74, 6) is 2.77. The molecule has 422 valence electrons. The first-order valence-electron chi connectivity index (χ1n) is 33.7. The summed E-state index contributed by atoms with van der Waals surface area (Å²) in [5.41, 5.74) is 1.30. The molecule has 71 heavy (non-hydrogen) atoms. The number of allylic oxidation sites excluding steroid dienone is 3. The number of ether oxygens (including phenoxy) is 1. The highest BCUT2D eigenvalue weighted by atomic mass is 16.5. The Balaban J connectivity index is 3.76. The Morgan fingerprint density at radius 3 is 0.901 bits per heavy atom. The fourth-order valence-corrected chi connectivity index (χ4v) is 13.0. The van der Waals surface area contributed by atoms with E-state index in [0.717, 1.165) is 18.3 Å². The molecule has 1 rings (SSSR count). The molecule has 4 atom stereocenters. The quantitative estimate of drug-likeness (QED) is 0.0616. The van der Waals surface area contributed by atoms with Gasteiger partial charge in [0.25, 0.3) is 0 Å². The predicted octanol–water partition coefficient (Wildman–Crippen LogP) is 24.1. The van der Waals surface area contributed by atoms with E-state index in [1.807, 2.05) is 0 Å². The SMILES string of the molecule is CCCCCCCCCCC(CCCCCCCC)CC(CC(CCCCCCCC)CCCCCCCCCC)C(CC(CCCCCCCC)CCCCCCCCCC)(OCCO)C1=CC=CC1. The molecule has 0 spiro atoms. The molecule has 0 saturated heterocycles. The maximum atomic E-state index is 10.8. The van der Waals surface area contributed by atoms with Gasteiger partial charge >= 0.3 is 0 Å². The molecule has 0 fully saturated rings. The largest absolute Gasteiger partial charge is 0.394 e. The second-order valence-corrected chi connectivity index (χ2v) is 24.2. The van der Waals surface area contributed by atoms with Crippen molar-refractivity contribution in [1.29, 1.82) is 0 Å². The first-order valence-corrected chi connectivity index (χ1v) is 33.7. The third-order valence-electron chi connectivity index (χ3n) is 17.5. The Hall–Kier alpha value is -0.600. The molecule has 2 nitrogen and oxygen atoms in total. The van der Waals surface area contributed by atoms with Gasteiger partial charge in [-0.1, -0.05) is 368 Å². The van der Waals surface area contributed by atoms with Crippen molar-refractivity contribution in [2.24, 2.45) is 23.7 Å². The summed E-state index contributed by atoms with van der Waals surface area (Å²) in [4.78, 5) is 0. The van der Waals surface area contributed by atoms with Crippen LogP contribution in [-0.4, -0.2) is 23.9 Å². The molecule has 0 bridgehead atoms. The maximum Gasteiger partial charge on any atom is 0.0929 e. The van der Waals surface area contributed by atoms with E-state index < -0.39 is 0 Å². The van der Waals surface area contributed by atoms with Crippen molar-refractivity contribution in [3.05, 3.63) is 23.8 Å². The van der Waals surface area contributed by atoms with E-state index in [4.69, 9.17) is 4.74 Å². The first kappa shape index (κ1) is 68.4. The van der Waals surface area contributed by atoms with Crippen LogP contribution in [0.2, 0.25) is 0 Å². The maximum absolute atomic E-state index is 10.8. The van der Waals surface area contributed by atoms with Crippen molar-refractivity contribution in [2.45, 2.75) is 381 Å². The van der Waals surface area contributed by atoms with Gasteiger partial charge in [0.05, 0.1) is 18.8 Å². The number of unbranched alkanes of at least 4 members (excludes halogenated alkanes) is 36.